The van der Waals surface area contributed by atoms with Crippen LogP contribution >= 0.6 is 0 Å². The van der Waals surface area contributed by atoms with Crippen molar-refractivity contribution in [3.8, 4) is 78.3 Å². The second kappa shape index (κ2) is 19.0. The fraction of sp³-hybridized carbons (Fsp3) is 0.0723. The van der Waals surface area contributed by atoms with Gasteiger partial charge in [0.1, 0.15) is 0 Å². The number of fused-ring (bicyclic) bond motifs is 18. The Hall–Kier alpha value is -9.96. The standard InChI is InChI=1S/C83H54N3.Ir/c1-2-17-57-49-82(48-56(57)16-1)73-44-53(31-35-65(73)67-37-33-63(46-75(67)82)85-78-27-9-5-22-69(78)70-23-6-10-28-79(70)85)61-41-60(52-20-15-21-55(40-52)77-26-13-14-39-84-77)42-62(43-61)54-32-36-66-68-38-34-64(86-80-29-11-7-24-71(80)72-25-8-12-30-81(72)86)47-76(68)83(74(66)45-54)50-58-18-3-4-19-59(58)51-83;/h1-20,22-47H,48-51H2;/q-1;. The van der Waals surface area contributed by atoms with Crippen LogP contribution in [0.15, 0.2) is 279 Å². The molecule has 411 valence electrons. The van der Waals surface area contributed by atoms with Crippen molar-refractivity contribution >= 4 is 43.6 Å². The minimum atomic E-state index is -0.240. The van der Waals surface area contributed by atoms with Crippen LogP contribution in [0.25, 0.3) is 122 Å². The van der Waals surface area contributed by atoms with Crippen LogP contribution in [-0.4, -0.2) is 14.1 Å². The molecule has 0 N–H and O–H groups in total. The zero-order valence-electron chi connectivity index (χ0n) is 47.6. The molecule has 0 saturated heterocycles. The van der Waals surface area contributed by atoms with Crippen LogP contribution in [0.2, 0.25) is 0 Å². The molecule has 4 aliphatic carbocycles. The summed E-state index contributed by atoms with van der Waals surface area (Å²) in [6, 6.07) is 107. The fourth-order valence-corrected chi connectivity index (χ4v) is 16.4. The van der Waals surface area contributed by atoms with Gasteiger partial charge in [0.2, 0.25) is 0 Å². The van der Waals surface area contributed by atoms with Gasteiger partial charge in [0.05, 0.1) is 22.1 Å². The monoisotopic (exact) mass is 1290 g/mol. The summed E-state index contributed by atoms with van der Waals surface area (Å²) in [7, 11) is 0. The maximum atomic E-state index is 4.77. The molecule has 15 aromatic rings. The first-order chi connectivity index (χ1) is 42.5. The summed E-state index contributed by atoms with van der Waals surface area (Å²) < 4.78 is 4.97. The molecule has 0 unspecified atom stereocenters. The summed E-state index contributed by atoms with van der Waals surface area (Å²) in [5.41, 5.74) is 32.7. The molecule has 2 spiro atoms. The zero-order valence-corrected chi connectivity index (χ0v) is 50.0. The first kappa shape index (κ1) is 50.4. The van der Waals surface area contributed by atoms with Crippen molar-refractivity contribution < 1.29 is 20.1 Å². The Labute approximate surface area is 518 Å². The largest absolute Gasteiger partial charge is 0.309 e. The molecule has 19 rings (SSSR count). The van der Waals surface area contributed by atoms with Gasteiger partial charge in [0.25, 0.3) is 0 Å². The first-order valence-electron chi connectivity index (χ1n) is 30.3. The van der Waals surface area contributed by atoms with Crippen molar-refractivity contribution in [3.63, 3.8) is 0 Å². The summed E-state index contributed by atoms with van der Waals surface area (Å²) >= 11 is 0. The third-order valence-electron chi connectivity index (χ3n) is 20.2. The molecule has 0 bridgehead atoms. The Bertz CT molecular complexity index is 4940. The molecule has 87 heavy (non-hydrogen) atoms. The predicted octanol–water partition coefficient (Wildman–Crippen LogP) is 19.9. The van der Waals surface area contributed by atoms with Crippen molar-refractivity contribution in [3.05, 3.63) is 330 Å². The molecule has 3 nitrogen and oxygen atoms in total. The maximum absolute atomic E-state index is 4.77. The third kappa shape index (κ3) is 7.36. The number of hydrogen-bond acceptors (Lipinski definition) is 1. The van der Waals surface area contributed by atoms with Crippen molar-refractivity contribution in [2.24, 2.45) is 0 Å². The summed E-state index contributed by atoms with van der Waals surface area (Å²) in [6.45, 7) is 0. The summed E-state index contributed by atoms with van der Waals surface area (Å²) in [5, 5.41) is 5.12. The van der Waals surface area contributed by atoms with Gasteiger partial charge in [-0.2, -0.15) is 0 Å². The molecule has 0 atom stereocenters. The van der Waals surface area contributed by atoms with E-state index in [0.29, 0.717) is 0 Å². The maximum Gasteiger partial charge on any atom is 0.0541 e. The molecular formula is C83H54IrN3-. The Kier molecular flexibility index (Phi) is 11.0. The van der Waals surface area contributed by atoms with Gasteiger partial charge < -0.3 is 14.1 Å². The second-order valence-corrected chi connectivity index (χ2v) is 24.6. The average Bonchev–Trinajstić information content (AvgIpc) is 1.60. The zero-order chi connectivity index (χ0) is 56.2. The molecule has 0 saturated carbocycles. The van der Waals surface area contributed by atoms with E-state index < -0.39 is 0 Å². The van der Waals surface area contributed by atoms with Gasteiger partial charge in [-0.05, 0) is 211 Å². The van der Waals surface area contributed by atoms with Gasteiger partial charge >= 0.3 is 0 Å². The van der Waals surface area contributed by atoms with Gasteiger partial charge in [-0.15, -0.1) is 35.4 Å². The number of rotatable bonds is 6. The van der Waals surface area contributed by atoms with Crippen molar-refractivity contribution in [2.75, 3.05) is 0 Å². The number of nitrogens with zero attached hydrogens (tertiary/aromatic N) is 3. The number of hydrogen-bond donors (Lipinski definition) is 0. The Morgan fingerprint density at radius 1 is 0.310 bits per heavy atom. The summed E-state index contributed by atoms with van der Waals surface area (Å²) in [4.78, 5) is 4.77. The molecule has 0 fully saturated rings. The second-order valence-electron chi connectivity index (χ2n) is 24.6. The van der Waals surface area contributed by atoms with Gasteiger partial charge in [0.15, 0.2) is 0 Å². The number of benzene rings is 12. The van der Waals surface area contributed by atoms with E-state index in [1.54, 1.807) is 0 Å². The molecule has 1 radical (unpaired) electrons. The van der Waals surface area contributed by atoms with Gasteiger partial charge in [-0.25, -0.2) is 0 Å². The quantitative estimate of drug-likeness (QED) is 0.152. The molecule has 3 aromatic heterocycles. The molecular weight excluding hydrogens is 1230 g/mol. The summed E-state index contributed by atoms with van der Waals surface area (Å²) in [6.07, 6.45) is 5.68. The molecule has 4 heteroatoms. The van der Waals surface area contributed by atoms with Crippen LogP contribution in [0.4, 0.5) is 0 Å². The molecule has 0 amide bonds. The predicted molar refractivity (Wildman–Crippen MR) is 354 cm³/mol. The SMILES string of the molecule is [Ir].[c-]1ccc(-c2cc(-c3ccc4c(c3)C3(Cc5ccccc5C3)c3cc(-n5c6ccccc6c6ccccc65)ccc3-4)cc(-c3ccc4c(c3)C3(Cc5ccccc5C3)c3cc(-n5c6ccccc6c6ccccc65)ccc3-4)c2)cc1-c1ccccn1. The van der Waals surface area contributed by atoms with Crippen molar-refractivity contribution in [1.29, 1.82) is 0 Å². The van der Waals surface area contributed by atoms with Crippen molar-refractivity contribution in [1.82, 2.24) is 14.1 Å². The van der Waals surface area contributed by atoms with Crippen LogP contribution in [0.1, 0.15) is 44.5 Å². The smallest absolute Gasteiger partial charge is 0.0541 e. The third-order valence-corrected chi connectivity index (χ3v) is 20.2. The van der Waals surface area contributed by atoms with E-state index in [4.69, 9.17) is 4.98 Å². The van der Waals surface area contributed by atoms with Gasteiger partial charge in [-0.1, -0.05) is 170 Å². The minimum absolute atomic E-state index is 0. The summed E-state index contributed by atoms with van der Waals surface area (Å²) in [5.74, 6) is 0. The number of pyridine rings is 1. The number of para-hydroxylation sites is 4. The Morgan fingerprint density at radius 3 is 1.07 bits per heavy atom. The minimum Gasteiger partial charge on any atom is -0.309 e. The Morgan fingerprint density at radius 2 is 0.667 bits per heavy atom. The van der Waals surface area contributed by atoms with Gasteiger partial charge in [-0.3, -0.25) is 0 Å². The number of aromatic nitrogens is 3. The molecule has 0 aliphatic heterocycles. The molecule has 3 heterocycles. The van der Waals surface area contributed by atoms with E-state index in [0.717, 1.165) is 48.1 Å². The van der Waals surface area contributed by atoms with Crippen molar-refractivity contribution in [2.45, 2.75) is 36.5 Å². The average molecular weight is 1290 g/mol. The molecule has 12 aromatic carbocycles. The Balaban J connectivity index is 0.00000569. The fourth-order valence-electron chi connectivity index (χ4n) is 16.4. The van der Waals surface area contributed by atoms with Crippen LogP contribution in [0.5, 0.6) is 0 Å². The van der Waals surface area contributed by atoms with Crippen LogP contribution < -0.4 is 0 Å². The van der Waals surface area contributed by atoms with E-state index in [2.05, 4.69) is 282 Å². The molecule has 4 aliphatic rings. The van der Waals surface area contributed by atoms with Gasteiger partial charge in [0, 0.05) is 70.1 Å². The van der Waals surface area contributed by atoms with Crippen LogP contribution in [0.3, 0.4) is 0 Å². The van der Waals surface area contributed by atoms with E-state index >= 15 is 0 Å². The van der Waals surface area contributed by atoms with E-state index in [9.17, 15) is 0 Å². The normalized spacial score (nSPS) is 14.3. The van der Waals surface area contributed by atoms with E-state index in [1.165, 1.54) is 144 Å². The first-order valence-corrected chi connectivity index (χ1v) is 30.3. The van der Waals surface area contributed by atoms with E-state index in [1.807, 2.05) is 12.3 Å². The van der Waals surface area contributed by atoms with E-state index in [-0.39, 0.29) is 30.9 Å². The van der Waals surface area contributed by atoms with Crippen LogP contribution in [0, 0.1) is 6.07 Å². The van der Waals surface area contributed by atoms with Crippen LogP contribution in [-0.2, 0) is 56.6 Å². The topological polar surface area (TPSA) is 22.8 Å².